The van der Waals surface area contributed by atoms with E-state index in [0.717, 1.165) is 44.2 Å². The highest BCUT2D eigenvalue weighted by atomic mass is 19.1. The molecular weight excluding hydrogens is 295 g/mol. The van der Waals surface area contributed by atoms with Crippen molar-refractivity contribution >= 4 is 11.8 Å². The summed E-state index contributed by atoms with van der Waals surface area (Å²) in [6.07, 6.45) is 3.97. The van der Waals surface area contributed by atoms with Gasteiger partial charge in [0, 0.05) is 24.9 Å². The summed E-state index contributed by atoms with van der Waals surface area (Å²) in [5.41, 5.74) is 0.882. The Hall–Kier alpha value is -1.91. The van der Waals surface area contributed by atoms with Gasteiger partial charge in [-0.05, 0) is 49.8 Å². The van der Waals surface area contributed by atoms with E-state index in [4.69, 9.17) is 0 Å². The van der Waals surface area contributed by atoms with Crippen molar-refractivity contribution in [2.75, 3.05) is 6.54 Å². The average Bonchev–Trinajstić information content (AvgIpc) is 2.59. The van der Waals surface area contributed by atoms with Crippen LogP contribution in [0.2, 0.25) is 0 Å². The van der Waals surface area contributed by atoms with E-state index in [1.54, 1.807) is 12.1 Å². The summed E-state index contributed by atoms with van der Waals surface area (Å²) in [6, 6.07) is 6.12. The Labute approximate surface area is 136 Å². The SMILES string of the molecule is CCCNC(=O)C1CCC(C(=O)NCc2ccc(F)cc2)CC1. The minimum absolute atomic E-state index is 0.0225. The third kappa shape index (κ3) is 5.34. The van der Waals surface area contributed by atoms with Crippen molar-refractivity contribution in [2.24, 2.45) is 11.8 Å². The molecule has 126 valence electrons. The third-order valence-electron chi connectivity index (χ3n) is 4.40. The zero-order chi connectivity index (χ0) is 16.7. The Morgan fingerprint density at radius 1 is 1.00 bits per heavy atom. The van der Waals surface area contributed by atoms with E-state index in [9.17, 15) is 14.0 Å². The first kappa shape index (κ1) is 17.4. The van der Waals surface area contributed by atoms with Crippen molar-refractivity contribution in [3.05, 3.63) is 35.6 Å². The molecule has 1 aromatic rings. The van der Waals surface area contributed by atoms with Crippen molar-refractivity contribution in [1.82, 2.24) is 10.6 Å². The van der Waals surface area contributed by atoms with Crippen molar-refractivity contribution in [2.45, 2.75) is 45.6 Å². The van der Waals surface area contributed by atoms with Gasteiger partial charge in [-0.3, -0.25) is 9.59 Å². The number of halogens is 1. The van der Waals surface area contributed by atoms with Gasteiger partial charge in [0.15, 0.2) is 0 Å². The molecule has 23 heavy (non-hydrogen) atoms. The van der Waals surface area contributed by atoms with Crippen LogP contribution in [0.4, 0.5) is 4.39 Å². The number of nitrogens with one attached hydrogen (secondary N) is 2. The highest BCUT2D eigenvalue weighted by Gasteiger charge is 2.29. The molecule has 0 heterocycles. The van der Waals surface area contributed by atoms with E-state index in [2.05, 4.69) is 10.6 Å². The summed E-state index contributed by atoms with van der Waals surface area (Å²) >= 11 is 0. The number of carbonyl (C=O) groups excluding carboxylic acids is 2. The highest BCUT2D eigenvalue weighted by molar-refractivity contribution is 5.81. The molecule has 1 aliphatic rings. The first-order chi connectivity index (χ1) is 11.1. The van der Waals surface area contributed by atoms with Gasteiger partial charge in [-0.15, -0.1) is 0 Å². The summed E-state index contributed by atoms with van der Waals surface area (Å²) in [5, 5.41) is 5.83. The molecule has 0 saturated heterocycles. The van der Waals surface area contributed by atoms with Crippen LogP contribution in [0.5, 0.6) is 0 Å². The van der Waals surface area contributed by atoms with Gasteiger partial charge >= 0.3 is 0 Å². The topological polar surface area (TPSA) is 58.2 Å². The second-order valence-corrected chi connectivity index (χ2v) is 6.18. The molecule has 1 aromatic carbocycles. The highest BCUT2D eigenvalue weighted by Crippen LogP contribution is 2.29. The molecule has 1 saturated carbocycles. The maximum Gasteiger partial charge on any atom is 0.223 e. The van der Waals surface area contributed by atoms with Crippen LogP contribution in [0.1, 0.15) is 44.6 Å². The number of amides is 2. The normalized spacial score (nSPS) is 20.8. The molecular formula is C18H25FN2O2. The summed E-state index contributed by atoms with van der Waals surface area (Å²) in [6.45, 7) is 3.16. The molecule has 5 heteroatoms. The Morgan fingerprint density at radius 3 is 2.04 bits per heavy atom. The second kappa shape index (κ2) is 8.65. The number of hydrogen-bond acceptors (Lipinski definition) is 2. The zero-order valence-electron chi connectivity index (χ0n) is 13.6. The van der Waals surface area contributed by atoms with Crippen molar-refractivity contribution in [1.29, 1.82) is 0 Å². The van der Waals surface area contributed by atoms with Crippen LogP contribution in [0, 0.1) is 17.7 Å². The Kier molecular flexibility index (Phi) is 6.56. The molecule has 2 rings (SSSR count). The molecule has 0 aromatic heterocycles. The van der Waals surface area contributed by atoms with Gasteiger partial charge in [-0.1, -0.05) is 19.1 Å². The molecule has 0 unspecified atom stereocenters. The second-order valence-electron chi connectivity index (χ2n) is 6.18. The molecule has 0 bridgehead atoms. The van der Waals surface area contributed by atoms with Gasteiger partial charge in [-0.2, -0.15) is 0 Å². The zero-order valence-corrected chi connectivity index (χ0v) is 13.6. The first-order valence-electron chi connectivity index (χ1n) is 8.40. The molecule has 0 atom stereocenters. The minimum Gasteiger partial charge on any atom is -0.356 e. The standard InChI is InChI=1S/C18H25FN2O2/c1-2-11-20-17(22)14-5-7-15(8-6-14)18(23)21-12-13-3-9-16(19)10-4-13/h3-4,9-10,14-15H,2,5-8,11-12H2,1H3,(H,20,22)(H,21,23). The van der Waals surface area contributed by atoms with Gasteiger partial charge < -0.3 is 10.6 Å². The van der Waals surface area contributed by atoms with E-state index < -0.39 is 0 Å². The van der Waals surface area contributed by atoms with Crippen molar-refractivity contribution < 1.29 is 14.0 Å². The number of carbonyl (C=O) groups is 2. The minimum atomic E-state index is -0.278. The van der Waals surface area contributed by atoms with Crippen LogP contribution in [0.25, 0.3) is 0 Å². The fraction of sp³-hybridized carbons (Fsp3) is 0.556. The monoisotopic (exact) mass is 320 g/mol. The van der Waals surface area contributed by atoms with Crippen molar-refractivity contribution in [3.63, 3.8) is 0 Å². The smallest absolute Gasteiger partial charge is 0.223 e. The van der Waals surface area contributed by atoms with Crippen LogP contribution in [0.15, 0.2) is 24.3 Å². The van der Waals surface area contributed by atoms with Gasteiger partial charge in [0.1, 0.15) is 5.82 Å². The molecule has 0 radical (unpaired) electrons. The lowest BCUT2D eigenvalue weighted by molar-refractivity contribution is -0.130. The van der Waals surface area contributed by atoms with E-state index in [-0.39, 0.29) is 29.5 Å². The maximum atomic E-state index is 12.8. The van der Waals surface area contributed by atoms with Gasteiger partial charge in [0.2, 0.25) is 11.8 Å². The lowest BCUT2D eigenvalue weighted by atomic mass is 9.81. The Bertz CT molecular complexity index is 522. The molecule has 1 aliphatic carbocycles. The van der Waals surface area contributed by atoms with E-state index in [1.807, 2.05) is 6.92 Å². The fourth-order valence-corrected chi connectivity index (χ4v) is 2.95. The average molecular weight is 320 g/mol. The van der Waals surface area contributed by atoms with Crippen LogP contribution < -0.4 is 10.6 Å². The van der Waals surface area contributed by atoms with Crippen LogP contribution >= 0.6 is 0 Å². The number of hydrogen-bond donors (Lipinski definition) is 2. The molecule has 1 fully saturated rings. The van der Waals surface area contributed by atoms with Crippen LogP contribution in [-0.4, -0.2) is 18.4 Å². The predicted molar refractivity (Wildman–Crippen MR) is 87.0 cm³/mol. The maximum absolute atomic E-state index is 12.8. The third-order valence-corrected chi connectivity index (χ3v) is 4.40. The molecule has 2 N–H and O–H groups in total. The van der Waals surface area contributed by atoms with Crippen LogP contribution in [0.3, 0.4) is 0 Å². The van der Waals surface area contributed by atoms with Gasteiger partial charge in [0.05, 0.1) is 0 Å². The fourth-order valence-electron chi connectivity index (χ4n) is 2.95. The van der Waals surface area contributed by atoms with Gasteiger partial charge in [0.25, 0.3) is 0 Å². The summed E-state index contributed by atoms with van der Waals surface area (Å²) in [4.78, 5) is 24.1. The number of benzene rings is 1. The number of rotatable bonds is 6. The summed E-state index contributed by atoms with van der Waals surface area (Å²) < 4.78 is 12.8. The molecule has 2 amide bonds. The Balaban J connectivity index is 1.73. The largest absolute Gasteiger partial charge is 0.356 e. The lowest BCUT2D eigenvalue weighted by Crippen LogP contribution is -2.37. The summed E-state index contributed by atoms with van der Waals surface area (Å²) in [5.74, 6) is -0.105. The predicted octanol–water partition coefficient (Wildman–Crippen LogP) is 2.77. The van der Waals surface area contributed by atoms with Gasteiger partial charge in [-0.25, -0.2) is 4.39 Å². The van der Waals surface area contributed by atoms with E-state index in [1.165, 1.54) is 12.1 Å². The van der Waals surface area contributed by atoms with E-state index in [0.29, 0.717) is 6.54 Å². The molecule has 0 spiro atoms. The Morgan fingerprint density at radius 2 is 1.52 bits per heavy atom. The lowest BCUT2D eigenvalue weighted by Gasteiger charge is -2.27. The first-order valence-corrected chi connectivity index (χ1v) is 8.40. The molecule has 0 aliphatic heterocycles. The van der Waals surface area contributed by atoms with Crippen LogP contribution in [-0.2, 0) is 16.1 Å². The quantitative estimate of drug-likeness (QED) is 0.847. The van der Waals surface area contributed by atoms with E-state index >= 15 is 0 Å². The van der Waals surface area contributed by atoms with Crippen molar-refractivity contribution in [3.8, 4) is 0 Å². The summed E-state index contributed by atoms with van der Waals surface area (Å²) in [7, 11) is 0. The molecule has 4 nitrogen and oxygen atoms in total.